The minimum Gasteiger partial charge on any atom is -0.493 e. The lowest BCUT2D eigenvalue weighted by molar-refractivity contribution is 0.0955. The molecule has 0 saturated carbocycles. The van der Waals surface area contributed by atoms with E-state index < -0.39 is 0 Å². The number of methoxy groups -OCH3 is 3. The third-order valence-corrected chi connectivity index (χ3v) is 3.59. The number of hydrogen-bond acceptors (Lipinski definition) is 6. The van der Waals surface area contributed by atoms with Gasteiger partial charge >= 0.3 is 0 Å². The van der Waals surface area contributed by atoms with Crippen LogP contribution in [-0.2, 0) is 0 Å². The number of benzene rings is 2. The standard InChI is InChI=1S/C20H22N2O5/c1-5-12-27-16-9-6-14(7-10-16)20(23)22-21-13-15-8-11-17(24-2)19(26-4)18(15)25-3/h5-11,13H,1,12H2,2-4H3,(H,22,23)/b21-13-. The van der Waals surface area contributed by atoms with Crippen molar-refractivity contribution >= 4 is 12.1 Å². The third-order valence-electron chi connectivity index (χ3n) is 3.59. The molecule has 0 aliphatic carbocycles. The fraction of sp³-hybridized carbons (Fsp3) is 0.200. The van der Waals surface area contributed by atoms with Gasteiger partial charge in [0, 0.05) is 11.1 Å². The maximum absolute atomic E-state index is 12.2. The van der Waals surface area contributed by atoms with Crippen LogP contribution >= 0.6 is 0 Å². The molecule has 0 saturated heterocycles. The van der Waals surface area contributed by atoms with Crippen molar-refractivity contribution in [3.05, 3.63) is 60.2 Å². The topological polar surface area (TPSA) is 78.4 Å². The summed E-state index contributed by atoms with van der Waals surface area (Å²) in [5, 5.41) is 3.98. The normalized spacial score (nSPS) is 10.3. The summed E-state index contributed by atoms with van der Waals surface area (Å²) in [6.45, 7) is 3.99. The molecule has 0 heterocycles. The Morgan fingerprint density at radius 3 is 2.33 bits per heavy atom. The average Bonchev–Trinajstić information content (AvgIpc) is 2.71. The summed E-state index contributed by atoms with van der Waals surface area (Å²) in [4.78, 5) is 12.2. The lowest BCUT2D eigenvalue weighted by Crippen LogP contribution is -2.17. The minimum atomic E-state index is -0.346. The van der Waals surface area contributed by atoms with E-state index in [-0.39, 0.29) is 5.91 Å². The van der Waals surface area contributed by atoms with Crippen molar-refractivity contribution in [2.75, 3.05) is 27.9 Å². The molecule has 7 nitrogen and oxygen atoms in total. The van der Waals surface area contributed by atoms with E-state index >= 15 is 0 Å². The van der Waals surface area contributed by atoms with Crippen molar-refractivity contribution in [3.8, 4) is 23.0 Å². The molecule has 2 aromatic carbocycles. The van der Waals surface area contributed by atoms with E-state index in [0.717, 1.165) is 0 Å². The zero-order chi connectivity index (χ0) is 19.6. The lowest BCUT2D eigenvalue weighted by atomic mass is 10.2. The summed E-state index contributed by atoms with van der Waals surface area (Å²) in [5.74, 6) is 1.75. The SMILES string of the molecule is C=CCOc1ccc(C(=O)N/N=C\c2ccc(OC)c(OC)c2OC)cc1. The summed E-state index contributed by atoms with van der Waals surface area (Å²) < 4.78 is 21.3. The van der Waals surface area contributed by atoms with Gasteiger partial charge in [-0.3, -0.25) is 4.79 Å². The first kappa shape index (κ1) is 19.8. The highest BCUT2D eigenvalue weighted by atomic mass is 16.5. The van der Waals surface area contributed by atoms with Gasteiger partial charge in [0.2, 0.25) is 5.75 Å². The maximum atomic E-state index is 12.2. The highest BCUT2D eigenvalue weighted by molar-refractivity contribution is 5.95. The van der Waals surface area contributed by atoms with Gasteiger partial charge in [-0.2, -0.15) is 5.10 Å². The molecule has 2 aromatic rings. The van der Waals surface area contributed by atoms with Crippen LogP contribution in [0, 0.1) is 0 Å². The van der Waals surface area contributed by atoms with Crippen LogP contribution < -0.4 is 24.4 Å². The Balaban J connectivity index is 2.08. The van der Waals surface area contributed by atoms with Crippen LogP contribution in [0.25, 0.3) is 0 Å². The number of nitrogens with one attached hydrogen (secondary N) is 1. The van der Waals surface area contributed by atoms with Gasteiger partial charge in [0.25, 0.3) is 5.91 Å². The summed E-state index contributed by atoms with van der Waals surface area (Å²) in [7, 11) is 4.58. The van der Waals surface area contributed by atoms with Gasteiger partial charge < -0.3 is 18.9 Å². The smallest absolute Gasteiger partial charge is 0.271 e. The van der Waals surface area contributed by atoms with E-state index in [1.54, 1.807) is 49.6 Å². The molecule has 1 N–H and O–H groups in total. The third kappa shape index (κ3) is 5.01. The predicted molar refractivity (Wildman–Crippen MR) is 103 cm³/mol. The Morgan fingerprint density at radius 2 is 1.74 bits per heavy atom. The first-order valence-electron chi connectivity index (χ1n) is 8.10. The highest BCUT2D eigenvalue weighted by Gasteiger charge is 2.14. The predicted octanol–water partition coefficient (Wildman–Crippen LogP) is 3.04. The Kier molecular flexibility index (Phi) is 7.25. The molecule has 0 aliphatic rings. The number of rotatable bonds is 9. The van der Waals surface area contributed by atoms with Gasteiger partial charge in [-0.25, -0.2) is 5.43 Å². The second-order valence-corrected chi connectivity index (χ2v) is 5.25. The molecule has 1 amide bonds. The molecule has 142 valence electrons. The molecule has 0 atom stereocenters. The van der Waals surface area contributed by atoms with E-state index in [0.29, 0.717) is 40.7 Å². The van der Waals surface area contributed by atoms with Gasteiger partial charge in [0.15, 0.2) is 11.5 Å². The Labute approximate surface area is 158 Å². The molecule has 2 rings (SSSR count). The van der Waals surface area contributed by atoms with Crippen molar-refractivity contribution in [1.29, 1.82) is 0 Å². The molecule has 0 bridgehead atoms. The highest BCUT2D eigenvalue weighted by Crippen LogP contribution is 2.38. The van der Waals surface area contributed by atoms with Crippen molar-refractivity contribution < 1.29 is 23.7 Å². The van der Waals surface area contributed by atoms with Crippen LogP contribution in [0.4, 0.5) is 0 Å². The summed E-state index contributed by atoms with van der Waals surface area (Å²) >= 11 is 0. The number of amides is 1. The maximum Gasteiger partial charge on any atom is 0.271 e. The second kappa shape index (κ2) is 9.86. The number of carbonyl (C=O) groups excluding carboxylic acids is 1. The molecule has 27 heavy (non-hydrogen) atoms. The summed E-state index contributed by atoms with van der Waals surface area (Å²) in [6.07, 6.45) is 3.12. The zero-order valence-corrected chi connectivity index (χ0v) is 15.5. The zero-order valence-electron chi connectivity index (χ0n) is 15.5. The number of carbonyl (C=O) groups is 1. The second-order valence-electron chi connectivity index (χ2n) is 5.25. The van der Waals surface area contributed by atoms with Crippen LogP contribution in [0.1, 0.15) is 15.9 Å². The lowest BCUT2D eigenvalue weighted by Gasteiger charge is -2.13. The number of ether oxygens (including phenoxy) is 4. The van der Waals surface area contributed by atoms with E-state index in [9.17, 15) is 4.79 Å². The molecule has 0 fully saturated rings. The molecule has 0 unspecified atom stereocenters. The molecular weight excluding hydrogens is 348 g/mol. The summed E-state index contributed by atoms with van der Waals surface area (Å²) in [5.41, 5.74) is 3.56. The van der Waals surface area contributed by atoms with Crippen molar-refractivity contribution in [3.63, 3.8) is 0 Å². The number of hydrazone groups is 1. The Bertz CT molecular complexity index is 816. The molecule has 0 aliphatic heterocycles. The number of nitrogens with zero attached hydrogens (tertiary/aromatic N) is 1. The monoisotopic (exact) mass is 370 g/mol. The first-order chi connectivity index (χ1) is 13.1. The van der Waals surface area contributed by atoms with Crippen LogP contribution in [0.2, 0.25) is 0 Å². The van der Waals surface area contributed by atoms with E-state index in [1.807, 2.05) is 0 Å². The fourth-order valence-electron chi connectivity index (χ4n) is 2.31. The molecule has 0 spiro atoms. The van der Waals surface area contributed by atoms with Crippen molar-refractivity contribution in [2.45, 2.75) is 0 Å². The van der Waals surface area contributed by atoms with Crippen molar-refractivity contribution in [1.82, 2.24) is 5.43 Å². The molecule has 7 heteroatoms. The van der Waals surface area contributed by atoms with Crippen LogP contribution in [-0.4, -0.2) is 40.1 Å². The molecular formula is C20H22N2O5. The van der Waals surface area contributed by atoms with Crippen LogP contribution in [0.15, 0.2) is 54.2 Å². The van der Waals surface area contributed by atoms with Crippen LogP contribution in [0.3, 0.4) is 0 Å². The van der Waals surface area contributed by atoms with Gasteiger partial charge in [-0.15, -0.1) is 0 Å². The molecule has 0 aromatic heterocycles. The summed E-state index contributed by atoms with van der Waals surface area (Å²) in [6, 6.07) is 10.2. The fourth-order valence-corrected chi connectivity index (χ4v) is 2.31. The molecule has 0 radical (unpaired) electrons. The van der Waals surface area contributed by atoms with E-state index in [4.69, 9.17) is 18.9 Å². The Morgan fingerprint density at radius 1 is 1.04 bits per heavy atom. The minimum absolute atomic E-state index is 0.346. The van der Waals surface area contributed by atoms with Gasteiger partial charge in [0.05, 0.1) is 27.5 Å². The number of hydrogen-bond donors (Lipinski definition) is 1. The largest absolute Gasteiger partial charge is 0.493 e. The van der Waals surface area contributed by atoms with Crippen LogP contribution in [0.5, 0.6) is 23.0 Å². The van der Waals surface area contributed by atoms with Crippen molar-refractivity contribution in [2.24, 2.45) is 5.10 Å². The van der Waals surface area contributed by atoms with Gasteiger partial charge in [0.1, 0.15) is 12.4 Å². The Hall–Kier alpha value is -3.48. The van der Waals surface area contributed by atoms with Gasteiger partial charge in [-0.05, 0) is 36.4 Å². The van der Waals surface area contributed by atoms with Gasteiger partial charge in [-0.1, -0.05) is 12.7 Å². The van der Waals surface area contributed by atoms with E-state index in [2.05, 4.69) is 17.1 Å². The quantitative estimate of drug-likeness (QED) is 0.417. The van der Waals surface area contributed by atoms with E-state index in [1.165, 1.54) is 20.4 Å². The average molecular weight is 370 g/mol. The first-order valence-corrected chi connectivity index (χ1v) is 8.10.